The van der Waals surface area contributed by atoms with Gasteiger partial charge in [-0.15, -0.1) is 11.8 Å². The quantitative estimate of drug-likeness (QED) is 0.788. The van der Waals surface area contributed by atoms with Gasteiger partial charge in [-0.2, -0.15) is 0 Å². The summed E-state index contributed by atoms with van der Waals surface area (Å²) in [6.45, 7) is 2.46. The fraction of sp³-hybridized carbons (Fsp3) is 0.500. The molecule has 0 aliphatic carbocycles. The van der Waals surface area contributed by atoms with Gasteiger partial charge in [0.25, 0.3) is 0 Å². The Morgan fingerprint density at radius 2 is 2.12 bits per heavy atom. The van der Waals surface area contributed by atoms with Gasteiger partial charge >= 0.3 is 12.0 Å². The number of carbonyl (C=O) groups is 2. The Morgan fingerprint density at radius 3 is 2.79 bits per heavy atom. The van der Waals surface area contributed by atoms with Crippen LogP contribution in [0.2, 0.25) is 0 Å². The molecule has 0 saturated carbocycles. The van der Waals surface area contributed by atoms with E-state index in [2.05, 4.69) is 5.32 Å². The Kier molecular flexibility index (Phi) is 6.60. The smallest absolute Gasteiger partial charge is 0.325 e. The topological polar surface area (TPSA) is 77.1 Å². The first-order valence-electron chi connectivity index (χ1n) is 7.64. The van der Waals surface area contributed by atoms with Gasteiger partial charge in [-0.3, -0.25) is 4.79 Å². The van der Waals surface area contributed by atoms with Gasteiger partial charge in [0.15, 0.2) is 0 Å². The number of urea groups is 1. The molecule has 2 amide bonds. The van der Waals surface area contributed by atoms with Gasteiger partial charge in [-0.25, -0.2) is 4.79 Å². The SMILES string of the molecule is CCOC(=O)CNC(=O)N1CCSC1c1cc(OC)ccc1OC. The van der Waals surface area contributed by atoms with E-state index >= 15 is 0 Å². The van der Waals surface area contributed by atoms with Crippen molar-refractivity contribution in [3.05, 3.63) is 23.8 Å². The number of rotatable bonds is 6. The summed E-state index contributed by atoms with van der Waals surface area (Å²) in [5.74, 6) is 1.74. The van der Waals surface area contributed by atoms with Crippen molar-refractivity contribution in [1.29, 1.82) is 0 Å². The van der Waals surface area contributed by atoms with E-state index in [1.807, 2.05) is 18.2 Å². The maximum absolute atomic E-state index is 12.4. The van der Waals surface area contributed by atoms with Crippen LogP contribution in [0.1, 0.15) is 17.9 Å². The highest BCUT2D eigenvalue weighted by atomic mass is 32.2. The molecular formula is C16H22N2O5S. The molecule has 1 aliphatic rings. The van der Waals surface area contributed by atoms with Crippen LogP contribution < -0.4 is 14.8 Å². The molecule has 1 atom stereocenters. The van der Waals surface area contributed by atoms with Gasteiger partial charge in [-0.1, -0.05) is 0 Å². The van der Waals surface area contributed by atoms with E-state index < -0.39 is 5.97 Å². The van der Waals surface area contributed by atoms with Crippen LogP contribution in [0.4, 0.5) is 4.79 Å². The van der Waals surface area contributed by atoms with Crippen LogP contribution in [-0.2, 0) is 9.53 Å². The van der Waals surface area contributed by atoms with Gasteiger partial charge in [-0.05, 0) is 25.1 Å². The summed E-state index contributed by atoms with van der Waals surface area (Å²) in [6.07, 6.45) is 0. The number of benzene rings is 1. The molecule has 0 bridgehead atoms. The lowest BCUT2D eigenvalue weighted by Gasteiger charge is -2.25. The van der Waals surface area contributed by atoms with E-state index in [9.17, 15) is 9.59 Å². The summed E-state index contributed by atoms with van der Waals surface area (Å²) >= 11 is 1.64. The average molecular weight is 354 g/mol. The largest absolute Gasteiger partial charge is 0.497 e. The van der Waals surface area contributed by atoms with Crippen LogP contribution in [0, 0.1) is 0 Å². The van der Waals surface area contributed by atoms with Crippen molar-refractivity contribution in [2.24, 2.45) is 0 Å². The Labute approximate surface area is 145 Å². The fourth-order valence-electron chi connectivity index (χ4n) is 2.43. The van der Waals surface area contributed by atoms with Gasteiger partial charge in [0.2, 0.25) is 0 Å². The highest BCUT2D eigenvalue weighted by molar-refractivity contribution is 7.99. The summed E-state index contributed by atoms with van der Waals surface area (Å²) in [5.41, 5.74) is 0.866. The zero-order valence-corrected chi connectivity index (χ0v) is 14.9. The van der Waals surface area contributed by atoms with Crippen LogP contribution >= 0.6 is 11.8 Å². The molecule has 1 heterocycles. The minimum absolute atomic E-state index is 0.143. The van der Waals surface area contributed by atoms with Crippen LogP contribution in [-0.4, -0.2) is 56.6 Å². The van der Waals surface area contributed by atoms with Gasteiger partial charge < -0.3 is 24.4 Å². The maximum atomic E-state index is 12.4. The number of amides is 2. The van der Waals surface area contributed by atoms with E-state index in [-0.39, 0.29) is 24.6 Å². The van der Waals surface area contributed by atoms with E-state index in [1.54, 1.807) is 37.8 Å². The first kappa shape index (κ1) is 18.3. The number of carbonyl (C=O) groups excluding carboxylic acids is 2. The van der Waals surface area contributed by atoms with Crippen molar-refractivity contribution in [3.63, 3.8) is 0 Å². The second kappa shape index (κ2) is 8.68. The zero-order valence-electron chi connectivity index (χ0n) is 14.0. The average Bonchev–Trinajstić information content (AvgIpc) is 3.09. The highest BCUT2D eigenvalue weighted by Crippen LogP contribution is 2.43. The molecule has 1 saturated heterocycles. The lowest BCUT2D eigenvalue weighted by molar-refractivity contribution is -0.141. The minimum Gasteiger partial charge on any atom is -0.497 e. The van der Waals surface area contributed by atoms with Crippen LogP contribution in [0.25, 0.3) is 0 Å². The Hall–Kier alpha value is -2.09. The van der Waals surface area contributed by atoms with Gasteiger partial charge in [0, 0.05) is 17.9 Å². The molecular weight excluding hydrogens is 332 g/mol. The molecule has 1 fully saturated rings. The first-order chi connectivity index (χ1) is 11.6. The normalized spacial score (nSPS) is 16.6. The van der Waals surface area contributed by atoms with E-state index in [0.29, 0.717) is 18.0 Å². The molecule has 2 rings (SSSR count). The van der Waals surface area contributed by atoms with Crippen molar-refractivity contribution in [2.75, 3.05) is 39.7 Å². The predicted molar refractivity (Wildman–Crippen MR) is 91.5 cm³/mol. The third-order valence-corrected chi connectivity index (χ3v) is 4.79. The van der Waals surface area contributed by atoms with Crippen LogP contribution in [0.15, 0.2) is 18.2 Å². The third kappa shape index (κ3) is 4.25. The second-order valence-corrected chi connectivity index (χ2v) is 6.18. The minimum atomic E-state index is -0.451. The van der Waals surface area contributed by atoms with Crippen LogP contribution in [0.5, 0.6) is 11.5 Å². The molecule has 1 aliphatic heterocycles. The molecule has 7 nitrogen and oxygen atoms in total. The van der Waals surface area contributed by atoms with Gasteiger partial charge in [0.1, 0.15) is 23.4 Å². The fourth-order valence-corrected chi connectivity index (χ4v) is 3.70. The summed E-state index contributed by atoms with van der Waals surface area (Å²) in [5, 5.41) is 2.41. The first-order valence-corrected chi connectivity index (χ1v) is 8.69. The lowest BCUT2D eigenvalue weighted by Crippen LogP contribution is -2.42. The van der Waals surface area contributed by atoms with Gasteiger partial charge in [0.05, 0.1) is 20.8 Å². The predicted octanol–water partition coefficient (Wildman–Crippen LogP) is 2.02. The molecule has 8 heteroatoms. The van der Waals surface area contributed by atoms with Crippen LogP contribution in [0.3, 0.4) is 0 Å². The number of esters is 1. The van der Waals surface area contributed by atoms with E-state index in [0.717, 1.165) is 11.3 Å². The van der Waals surface area contributed by atoms with Crippen molar-refractivity contribution in [2.45, 2.75) is 12.3 Å². The molecule has 0 aromatic heterocycles. The van der Waals surface area contributed by atoms with Crippen molar-refractivity contribution < 1.29 is 23.8 Å². The van der Waals surface area contributed by atoms with Crippen molar-refractivity contribution in [1.82, 2.24) is 10.2 Å². The number of nitrogens with one attached hydrogen (secondary N) is 1. The standard InChI is InChI=1S/C16H22N2O5S/c1-4-23-14(19)10-17-16(20)18-7-8-24-15(18)12-9-11(21-2)5-6-13(12)22-3/h5-6,9,15H,4,7-8,10H2,1-3H3,(H,17,20). The van der Waals surface area contributed by atoms with Crippen molar-refractivity contribution in [3.8, 4) is 11.5 Å². The highest BCUT2D eigenvalue weighted by Gasteiger charge is 2.33. The number of hydrogen-bond acceptors (Lipinski definition) is 6. The number of ether oxygens (including phenoxy) is 3. The molecule has 0 spiro atoms. The Morgan fingerprint density at radius 1 is 1.33 bits per heavy atom. The zero-order chi connectivity index (χ0) is 17.5. The third-order valence-electron chi connectivity index (χ3n) is 3.54. The summed E-state index contributed by atoms with van der Waals surface area (Å²) in [7, 11) is 3.19. The Bertz CT molecular complexity index is 596. The molecule has 0 radical (unpaired) electrons. The second-order valence-electron chi connectivity index (χ2n) is 4.99. The summed E-state index contributed by atoms with van der Waals surface area (Å²) in [6, 6.07) is 5.20. The van der Waals surface area contributed by atoms with Crippen molar-refractivity contribution >= 4 is 23.8 Å². The van der Waals surface area contributed by atoms with E-state index in [1.165, 1.54) is 0 Å². The number of thioether (sulfide) groups is 1. The number of nitrogens with zero attached hydrogens (tertiary/aromatic N) is 1. The number of methoxy groups -OCH3 is 2. The molecule has 1 aromatic rings. The Balaban J connectivity index is 2.12. The summed E-state index contributed by atoms with van der Waals surface area (Å²) < 4.78 is 15.5. The summed E-state index contributed by atoms with van der Waals surface area (Å²) in [4.78, 5) is 25.5. The monoisotopic (exact) mass is 354 g/mol. The molecule has 24 heavy (non-hydrogen) atoms. The molecule has 1 aromatic carbocycles. The molecule has 1 unspecified atom stereocenters. The number of hydrogen-bond donors (Lipinski definition) is 1. The maximum Gasteiger partial charge on any atom is 0.325 e. The molecule has 1 N–H and O–H groups in total. The lowest BCUT2D eigenvalue weighted by atomic mass is 10.1. The molecule has 132 valence electrons. The van der Waals surface area contributed by atoms with E-state index in [4.69, 9.17) is 14.2 Å².